The van der Waals surface area contributed by atoms with E-state index in [0.717, 1.165) is 43.9 Å². The maximum Gasteiger partial charge on any atom is 0.166 e. The lowest BCUT2D eigenvalue weighted by atomic mass is 10.1. The van der Waals surface area contributed by atoms with Gasteiger partial charge in [-0.1, -0.05) is 18.5 Å². The highest BCUT2D eigenvalue weighted by Gasteiger charge is 2.20. The number of hydrogen-bond donors (Lipinski definition) is 1. The summed E-state index contributed by atoms with van der Waals surface area (Å²) in [6.07, 6.45) is 2.00. The lowest BCUT2D eigenvalue weighted by Crippen LogP contribution is -2.27. The third-order valence-electron chi connectivity index (χ3n) is 3.33. The van der Waals surface area contributed by atoms with Crippen molar-refractivity contribution in [2.45, 2.75) is 32.4 Å². The van der Waals surface area contributed by atoms with E-state index in [-0.39, 0.29) is 6.10 Å². The SMILES string of the molecule is CCNCc1cc(Cl)cc(OC)c1OC1CCOCC1. The Labute approximate surface area is 125 Å². The monoisotopic (exact) mass is 299 g/mol. The summed E-state index contributed by atoms with van der Waals surface area (Å²) < 4.78 is 16.9. The smallest absolute Gasteiger partial charge is 0.166 e. The second-order valence-corrected chi connectivity index (χ2v) is 5.24. The van der Waals surface area contributed by atoms with Crippen molar-refractivity contribution in [1.29, 1.82) is 0 Å². The second-order valence-electron chi connectivity index (χ2n) is 4.81. The molecule has 20 heavy (non-hydrogen) atoms. The first-order valence-corrected chi connectivity index (χ1v) is 7.44. The minimum atomic E-state index is 0.180. The van der Waals surface area contributed by atoms with E-state index < -0.39 is 0 Å². The van der Waals surface area contributed by atoms with Crippen molar-refractivity contribution >= 4 is 11.6 Å². The van der Waals surface area contributed by atoms with Crippen molar-refractivity contribution in [3.63, 3.8) is 0 Å². The van der Waals surface area contributed by atoms with Crippen LogP contribution in [0.25, 0.3) is 0 Å². The van der Waals surface area contributed by atoms with Gasteiger partial charge in [0.15, 0.2) is 11.5 Å². The Hall–Kier alpha value is -0.970. The van der Waals surface area contributed by atoms with E-state index in [2.05, 4.69) is 12.2 Å². The van der Waals surface area contributed by atoms with Gasteiger partial charge in [-0.25, -0.2) is 0 Å². The average molecular weight is 300 g/mol. The molecule has 112 valence electrons. The zero-order valence-electron chi connectivity index (χ0n) is 12.1. The molecule has 1 saturated heterocycles. The van der Waals surface area contributed by atoms with Crippen LogP contribution in [-0.4, -0.2) is 33.0 Å². The van der Waals surface area contributed by atoms with Gasteiger partial charge in [-0.05, 0) is 12.6 Å². The van der Waals surface area contributed by atoms with Gasteiger partial charge in [0.2, 0.25) is 0 Å². The van der Waals surface area contributed by atoms with Gasteiger partial charge in [-0.15, -0.1) is 0 Å². The first-order valence-electron chi connectivity index (χ1n) is 7.06. The van der Waals surface area contributed by atoms with E-state index in [0.29, 0.717) is 17.3 Å². The predicted molar refractivity (Wildman–Crippen MR) is 79.9 cm³/mol. The van der Waals surface area contributed by atoms with Gasteiger partial charge >= 0.3 is 0 Å². The molecule has 0 aromatic heterocycles. The van der Waals surface area contributed by atoms with Gasteiger partial charge < -0.3 is 19.5 Å². The van der Waals surface area contributed by atoms with Crippen LogP contribution in [0.3, 0.4) is 0 Å². The molecule has 0 bridgehead atoms. The number of methoxy groups -OCH3 is 1. The Balaban J connectivity index is 2.21. The van der Waals surface area contributed by atoms with Crippen LogP contribution >= 0.6 is 11.6 Å². The van der Waals surface area contributed by atoms with Crippen molar-refractivity contribution in [2.24, 2.45) is 0 Å². The molecule has 2 rings (SSSR count). The topological polar surface area (TPSA) is 39.7 Å². The zero-order chi connectivity index (χ0) is 14.4. The molecule has 0 atom stereocenters. The Bertz CT molecular complexity index is 433. The largest absolute Gasteiger partial charge is 0.493 e. The van der Waals surface area contributed by atoms with E-state index in [1.54, 1.807) is 13.2 Å². The fraction of sp³-hybridized carbons (Fsp3) is 0.600. The summed E-state index contributed by atoms with van der Waals surface area (Å²) in [5.74, 6) is 1.49. The van der Waals surface area contributed by atoms with Crippen molar-refractivity contribution < 1.29 is 14.2 Å². The summed E-state index contributed by atoms with van der Waals surface area (Å²) in [6, 6.07) is 3.73. The molecule has 1 aromatic rings. The summed E-state index contributed by atoms with van der Waals surface area (Å²) in [6.45, 7) is 5.19. The van der Waals surface area contributed by atoms with Gasteiger partial charge in [0, 0.05) is 36.0 Å². The molecule has 1 aliphatic rings. The fourth-order valence-corrected chi connectivity index (χ4v) is 2.49. The normalized spacial score (nSPS) is 16.1. The zero-order valence-corrected chi connectivity index (χ0v) is 12.8. The number of hydrogen-bond acceptors (Lipinski definition) is 4. The Morgan fingerprint density at radius 3 is 2.75 bits per heavy atom. The molecule has 0 unspecified atom stereocenters. The number of ether oxygens (including phenoxy) is 3. The number of rotatable bonds is 6. The predicted octanol–water partition coefficient (Wildman–Crippen LogP) is 3.02. The highest BCUT2D eigenvalue weighted by Crippen LogP contribution is 2.36. The summed E-state index contributed by atoms with van der Waals surface area (Å²) in [7, 11) is 1.64. The molecule has 1 N–H and O–H groups in total. The molecule has 0 saturated carbocycles. The van der Waals surface area contributed by atoms with Crippen molar-refractivity contribution in [3.8, 4) is 11.5 Å². The number of halogens is 1. The van der Waals surface area contributed by atoms with Gasteiger partial charge in [0.25, 0.3) is 0 Å². The lowest BCUT2D eigenvalue weighted by molar-refractivity contribution is 0.0241. The van der Waals surface area contributed by atoms with Crippen molar-refractivity contribution in [2.75, 3.05) is 26.9 Å². The van der Waals surface area contributed by atoms with Crippen LogP contribution < -0.4 is 14.8 Å². The van der Waals surface area contributed by atoms with Crippen LogP contribution in [0.15, 0.2) is 12.1 Å². The van der Waals surface area contributed by atoms with Gasteiger partial charge in [-0.3, -0.25) is 0 Å². The van der Waals surface area contributed by atoms with Gasteiger partial charge in [0.1, 0.15) is 6.10 Å². The van der Waals surface area contributed by atoms with E-state index in [4.69, 9.17) is 25.8 Å². The van der Waals surface area contributed by atoms with Crippen molar-refractivity contribution in [1.82, 2.24) is 5.32 Å². The third-order valence-corrected chi connectivity index (χ3v) is 3.55. The van der Waals surface area contributed by atoms with Gasteiger partial charge in [-0.2, -0.15) is 0 Å². The van der Waals surface area contributed by atoms with Crippen LogP contribution in [0, 0.1) is 0 Å². The molecule has 0 amide bonds. The molecule has 1 aromatic carbocycles. The standard InChI is InChI=1S/C15H22ClNO3/c1-3-17-10-11-8-12(16)9-14(18-2)15(11)20-13-4-6-19-7-5-13/h8-9,13,17H,3-7,10H2,1-2H3. The maximum absolute atomic E-state index is 6.16. The quantitative estimate of drug-likeness (QED) is 0.876. The Morgan fingerprint density at radius 2 is 2.10 bits per heavy atom. The molecule has 1 fully saturated rings. The molecule has 4 nitrogen and oxygen atoms in total. The van der Waals surface area contributed by atoms with Crippen molar-refractivity contribution in [3.05, 3.63) is 22.7 Å². The molecule has 1 aliphatic heterocycles. The molecule has 0 radical (unpaired) electrons. The maximum atomic E-state index is 6.16. The Morgan fingerprint density at radius 1 is 1.35 bits per heavy atom. The van der Waals surface area contributed by atoms with E-state index in [9.17, 15) is 0 Å². The highest BCUT2D eigenvalue weighted by atomic mass is 35.5. The summed E-state index contributed by atoms with van der Waals surface area (Å²) >= 11 is 6.14. The molecule has 0 aliphatic carbocycles. The second kappa shape index (κ2) is 7.72. The van der Waals surface area contributed by atoms with Crippen LogP contribution in [0.4, 0.5) is 0 Å². The van der Waals surface area contributed by atoms with E-state index in [1.807, 2.05) is 6.07 Å². The lowest BCUT2D eigenvalue weighted by Gasteiger charge is -2.26. The van der Waals surface area contributed by atoms with Crippen LogP contribution in [0.2, 0.25) is 5.02 Å². The first-order chi connectivity index (χ1) is 9.74. The van der Waals surface area contributed by atoms with E-state index in [1.165, 1.54) is 0 Å². The van der Waals surface area contributed by atoms with Crippen LogP contribution in [0.1, 0.15) is 25.3 Å². The summed E-state index contributed by atoms with van der Waals surface area (Å²) in [5.41, 5.74) is 1.03. The number of nitrogens with one attached hydrogen (secondary N) is 1. The third kappa shape index (κ3) is 4.01. The molecular formula is C15H22ClNO3. The molecular weight excluding hydrogens is 278 g/mol. The van der Waals surface area contributed by atoms with Crippen LogP contribution in [-0.2, 0) is 11.3 Å². The first kappa shape index (κ1) is 15.4. The fourth-order valence-electron chi connectivity index (χ4n) is 2.26. The minimum Gasteiger partial charge on any atom is -0.493 e. The Kier molecular flexibility index (Phi) is 5.95. The van der Waals surface area contributed by atoms with E-state index >= 15 is 0 Å². The molecule has 0 spiro atoms. The minimum absolute atomic E-state index is 0.180. The highest BCUT2D eigenvalue weighted by molar-refractivity contribution is 6.30. The average Bonchev–Trinajstić information content (AvgIpc) is 2.48. The van der Waals surface area contributed by atoms with Gasteiger partial charge in [0.05, 0.1) is 20.3 Å². The summed E-state index contributed by atoms with van der Waals surface area (Å²) in [4.78, 5) is 0. The van der Waals surface area contributed by atoms with Crippen LogP contribution in [0.5, 0.6) is 11.5 Å². The number of benzene rings is 1. The molecule has 5 heteroatoms. The molecule has 1 heterocycles. The summed E-state index contributed by atoms with van der Waals surface area (Å²) in [5, 5.41) is 3.96.